The lowest BCUT2D eigenvalue weighted by Gasteiger charge is -2.18. The Labute approximate surface area is 139 Å². The minimum Gasteiger partial charge on any atom is -0.442 e. The fourth-order valence-electron chi connectivity index (χ4n) is 2.23. The summed E-state index contributed by atoms with van der Waals surface area (Å²) in [5, 5.41) is 13.8. The molecule has 1 aliphatic heterocycles. The SMILES string of the molecule is O=C1NN=C(c2ccc(NCCn3ccnn3)c(C(F)(F)F)c2)CO1. The lowest BCUT2D eigenvalue weighted by atomic mass is 10.0. The van der Waals surface area contributed by atoms with Gasteiger partial charge in [-0.05, 0) is 12.1 Å². The van der Waals surface area contributed by atoms with Crippen LogP contribution >= 0.6 is 0 Å². The third-order valence-corrected chi connectivity index (χ3v) is 3.41. The summed E-state index contributed by atoms with van der Waals surface area (Å²) in [6.07, 6.45) is -2.19. The van der Waals surface area contributed by atoms with E-state index in [9.17, 15) is 18.0 Å². The highest BCUT2D eigenvalue weighted by molar-refractivity contribution is 6.04. The van der Waals surface area contributed by atoms with Gasteiger partial charge in [0.1, 0.15) is 12.3 Å². The second-order valence-corrected chi connectivity index (χ2v) is 5.10. The molecule has 8 nitrogen and oxygen atoms in total. The first kappa shape index (κ1) is 16.7. The van der Waals surface area contributed by atoms with Crippen LogP contribution in [0, 0.1) is 0 Å². The number of ether oxygens (including phenoxy) is 1. The van der Waals surface area contributed by atoms with Gasteiger partial charge < -0.3 is 10.1 Å². The van der Waals surface area contributed by atoms with Crippen LogP contribution in [0.4, 0.5) is 23.7 Å². The minimum absolute atomic E-state index is 0.0577. The highest BCUT2D eigenvalue weighted by Crippen LogP contribution is 2.35. The monoisotopic (exact) mass is 354 g/mol. The molecule has 132 valence electrons. The number of hydrogen-bond acceptors (Lipinski definition) is 6. The molecule has 1 amide bonds. The molecule has 0 atom stereocenters. The molecule has 1 aromatic carbocycles. The van der Waals surface area contributed by atoms with E-state index in [0.717, 1.165) is 6.07 Å². The van der Waals surface area contributed by atoms with Gasteiger partial charge in [0.15, 0.2) is 0 Å². The Hall–Kier alpha value is -3.11. The van der Waals surface area contributed by atoms with Crippen molar-refractivity contribution in [1.29, 1.82) is 0 Å². The summed E-state index contributed by atoms with van der Waals surface area (Å²) in [5.74, 6) is 0. The number of benzene rings is 1. The van der Waals surface area contributed by atoms with Gasteiger partial charge in [-0.15, -0.1) is 5.10 Å². The molecule has 2 aromatic rings. The summed E-state index contributed by atoms with van der Waals surface area (Å²) in [6, 6.07) is 3.77. The van der Waals surface area contributed by atoms with Gasteiger partial charge in [-0.1, -0.05) is 11.3 Å². The Balaban J connectivity index is 1.79. The molecule has 2 heterocycles. The number of hydrogen-bond donors (Lipinski definition) is 2. The topological polar surface area (TPSA) is 93.4 Å². The number of rotatable bonds is 5. The highest BCUT2D eigenvalue weighted by atomic mass is 19.4. The molecule has 3 rings (SSSR count). The first-order valence-corrected chi connectivity index (χ1v) is 7.22. The fourth-order valence-corrected chi connectivity index (χ4v) is 2.23. The van der Waals surface area contributed by atoms with E-state index in [0.29, 0.717) is 6.54 Å². The largest absolute Gasteiger partial charge is 0.442 e. The molecule has 0 aliphatic carbocycles. The average Bonchev–Trinajstić information content (AvgIpc) is 3.08. The van der Waals surface area contributed by atoms with E-state index in [4.69, 9.17) is 4.74 Å². The summed E-state index contributed by atoms with van der Waals surface area (Å²) < 4.78 is 46.3. The number of cyclic esters (lactones) is 1. The van der Waals surface area contributed by atoms with Crippen molar-refractivity contribution >= 4 is 17.5 Å². The molecular formula is C14H13F3N6O2. The maximum Gasteiger partial charge on any atom is 0.428 e. The number of nitrogens with zero attached hydrogens (tertiary/aromatic N) is 4. The summed E-state index contributed by atoms with van der Waals surface area (Å²) in [6.45, 7) is 0.416. The molecule has 0 unspecified atom stereocenters. The second-order valence-electron chi connectivity index (χ2n) is 5.10. The van der Waals surface area contributed by atoms with E-state index in [1.54, 1.807) is 6.20 Å². The number of aromatic nitrogens is 3. The first-order valence-electron chi connectivity index (χ1n) is 7.22. The predicted molar refractivity (Wildman–Crippen MR) is 81.0 cm³/mol. The van der Waals surface area contributed by atoms with Crippen molar-refractivity contribution in [3.05, 3.63) is 41.7 Å². The third kappa shape index (κ3) is 4.05. The van der Waals surface area contributed by atoms with Gasteiger partial charge >= 0.3 is 12.3 Å². The molecule has 25 heavy (non-hydrogen) atoms. The van der Waals surface area contributed by atoms with Crippen molar-refractivity contribution in [2.45, 2.75) is 12.7 Å². The summed E-state index contributed by atoms with van der Waals surface area (Å²) in [4.78, 5) is 10.9. The zero-order chi connectivity index (χ0) is 17.9. The van der Waals surface area contributed by atoms with E-state index in [-0.39, 0.29) is 30.1 Å². The molecular weight excluding hydrogens is 341 g/mol. The maximum atomic E-state index is 13.3. The Morgan fingerprint density at radius 1 is 1.36 bits per heavy atom. The molecule has 0 saturated heterocycles. The van der Waals surface area contributed by atoms with Crippen LogP contribution < -0.4 is 10.7 Å². The van der Waals surface area contributed by atoms with Crippen molar-refractivity contribution < 1.29 is 22.7 Å². The molecule has 11 heteroatoms. The Morgan fingerprint density at radius 3 is 2.84 bits per heavy atom. The van der Waals surface area contributed by atoms with E-state index < -0.39 is 17.8 Å². The van der Waals surface area contributed by atoms with Crippen LogP contribution in [-0.2, 0) is 17.5 Å². The highest BCUT2D eigenvalue weighted by Gasteiger charge is 2.34. The molecule has 1 aliphatic rings. The average molecular weight is 354 g/mol. The van der Waals surface area contributed by atoms with Crippen LogP contribution in [0.3, 0.4) is 0 Å². The van der Waals surface area contributed by atoms with Crippen LogP contribution in [0.1, 0.15) is 11.1 Å². The number of carbonyl (C=O) groups excluding carboxylic acids is 1. The summed E-state index contributed by atoms with van der Waals surface area (Å²) >= 11 is 0. The van der Waals surface area contributed by atoms with Gasteiger partial charge in [0, 0.05) is 24.0 Å². The van der Waals surface area contributed by atoms with Crippen LogP contribution in [0.15, 0.2) is 35.7 Å². The van der Waals surface area contributed by atoms with Gasteiger partial charge in [-0.3, -0.25) is 4.68 Å². The molecule has 0 spiro atoms. The van der Waals surface area contributed by atoms with Crippen molar-refractivity contribution in [3.63, 3.8) is 0 Å². The van der Waals surface area contributed by atoms with Gasteiger partial charge in [0.05, 0.1) is 18.3 Å². The number of alkyl halides is 3. The van der Waals surface area contributed by atoms with E-state index in [1.165, 1.54) is 23.0 Å². The molecule has 0 saturated carbocycles. The Kier molecular flexibility index (Phi) is 4.55. The number of anilines is 1. The lowest BCUT2D eigenvalue weighted by molar-refractivity contribution is -0.137. The van der Waals surface area contributed by atoms with Gasteiger partial charge in [-0.2, -0.15) is 18.3 Å². The minimum atomic E-state index is -4.55. The number of hydrazone groups is 1. The lowest BCUT2D eigenvalue weighted by Crippen LogP contribution is -2.31. The van der Waals surface area contributed by atoms with Crippen LogP contribution in [0.5, 0.6) is 0 Å². The number of halogens is 3. The summed E-state index contributed by atoms with van der Waals surface area (Å²) in [7, 11) is 0. The van der Waals surface area contributed by atoms with Gasteiger partial charge in [0.25, 0.3) is 0 Å². The fraction of sp³-hybridized carbons (Fsp3) is 0.286. The zero-order valence-corrected chi connectivity index (χ0v) is 12.7. The number of carbonyl (C=O) groups is 1. The van der Waals surface area contributed by atoms with E-state index in [1.807, 2.05) is 0 Å². The third-order valence-electron chi connectivity index (χ3n) is 3.41. The zero-order valence-electron chi connectivity index (χ0n) is 12.7. The second kappa shape index (κ2) is 6.79. The molecule has 2 N–H and O–H groups in total. The smallest absolute Gasteiger partial charge is 0.428 e. The summed E-state index contributed by atoms with van der Waals surface area (Å²) in [5.41, 5.74) is 1.60. The quantitative estimate of drug-likeness (QED) is 0.855. The first-order chi connectivity index (χ1) is 11.9. The predicted octanol–water partition coefficient (Wildman–Crippen LogP) is 1.85. The number of amides is 1. The van der Waals surface area contributed by atoms with Crippen LogP contribution in [-0.4, -0.2) is 40.0 Å². The maximum absolute atomic E-state index is 13.3. The molecule has 1 aromatic heterocycles. The Bertz CT molecular complexity index is 788. The molecule has 0 radical (unpaired) electrons. The molecule has 0 bridgehead atoms. The standard InChI is InChI=1S/C14H13F3N6O2/c15-14(16,17)10-7-9(12-8-25-13(24)21-20-12)1-2-11(10)18-3-5-23-6-4-19-22-23/h1-2,4,6-7,18H,3,5,8H2,(H,21,24). The Morgan fingerprint density at radius 2 is 2.20 bits per heavy atom. The van der Waals surface area contributed by atoms with Crippen LogP contribution in [0.2, 0.25) is 0 Å². The van der Waals surface area contributed by atoms with Crippen molar-refractivity contribution in [2.75, 3.05) is 18.5 Å². The van der Waals surface area contributed by atoms with Gasteiger partial charge in [0.2, 0.25) is 0 Å². The van der Waals surface area contributed by atoms with E-state index in [2.05, 4.69) is 26.2 Å². The van der Waals surface area contributed by atoms with Crippen molar-refractivity contribution in [3.8, 4) is 0 Å². The normalized spacial score (nSPS) is 14.5. The van der Waals surface area contributed by atoms with Crippen molar-refractivity contribution in [2.24, 2.45) is 5.10 Å². The van der Waals surface area contributed by atoms with Crippen molar-refractivity contribution in [1.82, 2.24) is 20.4 Å². The van der Waals surface area contributed by atoms with Gasteiger partial charge in [-0.25, -0.2) is 10.2 Å². The van der Waals surface area contributed by atoms with E-state index >= 15 is 0 Å². The van der Waals surface area contributed by atoms with Crippen LogP contribution in [0.25, 0.3) is 0 Å². The number of nitrogens with one attached hydrogen (secondary N) is 2. The molecule has 0 fully saturated rings.